The van der Waals surface area contributed by atoms with Gasteiger partial charge in [0.1, 0.15) is 5.82 Å². The zero-order chi connectivity index (χ0) is 25.8. The molecule has 0 saturated carbocycles. The van der Waals surface area contributed by atoms with Crippen molar-refractivity contribution in [3.63, 3.8) is 0 Å². The lowest BCUT2D eigenvalue weighted by Crippen LogP contribution is -2.49. The third-order valence-electron chi connectivity index (χ3n) is 7.21. The van der Waals surface area contributed by atoms with Crippen molar-refractivity contribution in [2.45, 2.75) is 44.9 Å². The number of piperidine rings is 1. The van der Waals surface area contributed by atoms with Gasteiger partial charge in [-0.2, -0.15) is 0 Å². The fourth-order valence-electron chi connectivity index (χ4n) is 5.15. The highest BCUT2D eigenvalue weighted by Crippen LogP contribution is 2.41. The SMILES string of the molecule is CCN(CC)C(=O)[C@@H]1CCCN(C(=O)C[C@]2(c3cccc(F)c3)CC(=O)N(CCN(C)C)C2=O)C1. The Balaban J connectivity index is 1.86. The first-order valence-corrected chi connectivity index (χ1v) is 12.4. The normalized spacial score (nSPS) is 22.7. The van der Waals surface area contributed by atoms with Crippen molar-refractivity contribution in [3.8, 4) is 0 Å². The second-order valence-electron chi connectivity index (χ2n) is 9.79. The van der Waals surface area contributed by atoms with Gasteiger partial charge in [-0.15, -0.1) is 0 Å². The van der Waals surface area contributed by atoms with Crippen molar-refractivity contribution >= 4 is 23.6 Å². The number of benzene rings is 1. The minimum Gasteiger partial charge on any atom is -0.343 e. The van der Waals surface area contributed by atoms with E-state index in [9.17, 15) is 23.6 Å². The molecule has 2 saturated heterocycles. The molecule has 0 unspecified atom stereocenters. The van der Waals surface area contributed by atoms with Gasteiger partial charge in [0, 0.05) is 52.1 Å². The number of halogens is 1. The molecule has 0 bridgehead atoms. The van der Waals surface area contributed by atoms with Gasteiger partial charge in [0.05, 0.1) is 11.3 Å². The molecule has 2 fully saturated rings. The summed E-state index contributed by atoms with van der Waals surface area (Å²) in [6, 6.07) is 5.63. The van der Waals surface area contributed by atoms with Crippen LogP contribution >= 0.6 is 0 Å². The maximum absolute atomic E-state index is 14.2. The molecule has 0 aliphatic carbocycles. The average Bonchev–Trinajstić information content (AvgIpc) is 3.07. The van der Waals surface area contributed by atoms with Gasteiger partial charge in [-0.05, 0) is 58.5 Å². The molecule has 2 aliphatic heterocycles. The molecule has 0 aromatic heterocycles. The van der Waals surface area contributed by atoms with Crippen LogP contribution in [0.25, 0.3) is 0 Å². The summed E-state index contributed by atoms with van der Waals surface area (Å²) in [4.78, 5) is 59.5. The van der Waals surface area contributed by atoms with E-state index in [1.165, 1.54) is 23.1 Å². The van der Waals surface area contributed by atoms with Gasteiger partial charge >= 0.3 is 0 Å². The summed E-state index contributed by atoms with van der Waals surface area (Å²) in [5, 5.41) is 0. The number of likely N-dealkylation sites (tertiary alicyclic amines) is 2. The van der Waals surface area contributed by atoms with E-state index in [4.69, 9.17) is 0 Å². The zero-order valence-corrected chi connectivity index (χ0v) is 21.3. The number of carbonyl (C=O) groups is 4. The van der Waals surface area contributed by atoms with Crippen molar-refractivity contribution in [2.24, 2.45) is 5.92 Å². The minimum absolute atomic E-state index is 0.0364. The predicted molar refractivity (Wildman–Crippen MR) is 130 cm³/mol. The van der Waals surface area contributed by atoms with E-state index in [0.717, 1.165) is 0 Å². The van der Waals surface area contributed by atoms with Crippen molar-refractivity contribution in [1.29, 1.82) is 0 Å². The standard InChI is InChI=1S/C26H37FN4O4/c1-5-29(6-2)24(34)19-9-8-12-30(18-19)22(32)16-26(20-10-7-11-21(27)15-20)17-23(33)31(25(26)35)14-13-28(3)4/h7,10-11,15,19H,5-6,8-9,12-14,16-18H2,1-4H3/t19-,26-/m1/s1. The summed E-state index contributed by atoms with van der Waals surface area (Å²) in [7, 11) is 3.70. The van der Waals surface area contributed by atoms with E-state index in [-0.39, 0.29) is 43.0 Å². The summed E-state index contributed by atoms with van der Waals surface area (Å²) in [5.41, 5.74) is -1.11. The van der Waals surface area contributed by atoms with E-state index in [0.29, 0.717) is 51.1 Å². The van der Waals surface area contributed by atoms with Crippen LogP contribution in [0.3, 0.4) is 0 Å². The van der Waals surface area contributed by atoms with Gasteiger partial charge in [-0.25, -0.2) is 4.39 Å². The highest BCUT2D eigenvalue weighted by Gasteiger charge is 2.54. The first-order valence-electron chi connectivity index (χ1n) is 12.4. The lowest BCUT2D eigenvalue weighted by Gasteiger charge is -2.36. The zero-order valence-electron chi connectivity index (χ0n) is 21.3. The van der Waals surface area contributed by atoms with Crippen molar-refractivity contribution in [3.05, 3.63) is 35.6 Å². The maximum Gasteiger partial charge on any atom is 0.240 e. The fourth-order valence-corrected chi connectivity index (χ4v) is 5.15. The molecule has 1 aromatic carbocycles. The molecule has 35 heavy (non-hydrogen) atoms. The van der Waals surface area contributed by atoms with Crippen LogP contribution in [0, 0.1) is 11.7 Å². The molecule has 4 amide bonds. The first-order chi connectivity index (χ1) is 16.6. The predicted octanol–water partition coefficient (Wildman–Crippen LogP) is 1.88. The molecule has 8 nitrogen and oxygen atoms in total. The van der Waals surface area contributed by atoms with E-state index in [1.807, 2.05) is 32.8 Å². The molecule has 3 rings (SSSR count). The van der Waals surface area contributed by atoms with E-state index in [2.05, 4.69) is 0 Å². The molecule has 0 N–H and O–H groups in total. The first kappa shape index (κ1) is 26.8. The number of hydrogen-bond acceptors (Lipinski definition) is 5. The van der Waals surface area contributed by atoms with Gasteiger partial charge in [0.15, 0.2) is 0 Å². The van der Waals surface area contributed by atoms with Crippen LogP contribution in [-0.2, 0) is 24.6 Å². The molecule has 192 valence electrons. The summed E-state index contributed by atoms with van der Waals surface area (Å²) >= 11 is 0. The van der Waals surface area contributed by atoms with Crippen molar-refractivity contribution < 1.29 is 23.6 Å². The largest absolute Gasteiger partial charge is 0.343 e. The lowest BCUT2D eigenvalue weighted by molar-refractivity contribution is -0.145. The summed E-state index contributed by atoms with van der Waals surface area (Å²) < 4.78 is 14.2. The molecule has 2 heterocycles. The van der Waals surface area contributed by atoms with E-state index >= 15 is 0 Å². The fraction of sp³-hybridized carbons (Fsp3) is 0.615. The topological polar surface area (TPSA) is 81.2 Å². The van der Waals surface area contributed by atoms with Gasteiger partial charge in [-0.3, -0.25) is 24.1 Å². The van der Waals surface area contributed by atoms with Crippen LogP contribution in [0.15, 0.2) is 24.3 Å². The molecule has 9 heteroatoms. The van der Waals surface area contributed by atoms with Gasteiger partial charge in [-0.1, -0.05) is 12.1 Å². The Morgan fingerprint density at radius 1 is 1.17 bits per heavy atom. The quantitative estimate of drug-likeness (QED) is 0.496. The Labute approximate surface area is 207 Å². The lowest BCUT2D eigenvalue weighted by atomic mass is 9.75. The molecule has 0 radical (unpaired) electrons. The number of likely N-dealkylation sites (N-methyl/N-ethyl adjacent to an activating group) is 1. The maximum atomic E-state index is 14.2. The van der Waals surface area contributed by atoms with Crippen LogP contribution < -0.4 is 0 Å². The molecular weight excluding hydrogens is 451 g/mol. The van der Waals surface area contributed by atoms with Gasteiger partial charge in [0.25, 0.3) is 0 Å². The van der Waals surface area contributed by atoms with Gasteiger partial charge < -0.3 is 14.7 Å². The number of hydrogen-bond donors (Lipinski definition) is 0. The number of amides is 4. The van der Waals surface area contributed by atoms with Crippen LogP contribution in [0.4, 0.5) is 4.39 Å². The summed E-state index contributed by atoms with van der Waals surface area (Å²) in [6.45, 7) is 6.57. The average molecular weight is 489 g/mol. The number of rotatable bonds is 9. The molecule has 1 aromatic rings. The minimum atomic E-state index is -1.45. The van der Waals surface area contributed by atoms with E-state index in [1.54, 1.807) is 15.9 Å². The number of carbonyl (C=O) groups excluding carboxylic acids is 4. The number of imide groups is 1. The van der Waals surface area contributed by atoms with Crippen LogP contribution in [-0.4, -0.2) is 96.6 Å². The second kappa shape index (κ2) is 11.3. The second-order valence-corrected chi connectivity index (χ2v) is 9.79. The molecule has 0 spiro atoms. The Bertz CT molecular complexity index is 964. The monoisotopic (exact) mass is 488 g/mol. The Hall–Kier alpha value is -2.81. The van der Waals surface area contributed by atoms with Crippen LogP contribution in [0.1, 0.15) is 45.1 Å². The van der Waals surface area contributed by atoms with Crippen molar-refractivity contribution in [2.75, 3.05) is 53.4 Å². The number of nitrogens with zero attached hydrogens (tertiary/aromatic N) is 4. The Morgan fingerprint density at radius 2 is 1.89 bits per heavy atom. The summed E-state index contributed by atoms with van der Waals surface area (Å²) in [5.74, 6) is -1.88. The highest BCUT2D eigenvalue weighted by atomic mass is 19.1. The molecular formula is C26H37FN4O4. The highest BCUT2D eigenvalue weighted by molar-refractivity contribution is 6.10. The van der Waals surface area contributed by atoms with E-state index < -0.39 is 17.1 Å². The third kappa shape index (κ3) is 5.72. The van der Waals surface area contributed by atoms with Gasteiger partial charge in [0.2, 0.25) is 23.6 Å². The van der Waals surface area contributed by atoms with Crippen LogP contribution in [0.5, 0.6) is 0 Å². The third-order valence-corrected chi connectivity index (χ3v) is 7.21. The smallest absolute Gasteiger partial charge is 0.240 e. The Kier molecular flexibility index (Phi) is 8.64. The Morgan fingerprint density at radius 3 is 2.51 bits per heavy atom. The van der Waals surface area contributed by atoms with Crippen LogP contribution in [0.2, 0.25) is 0 Å². The summed E-state index contributed by atoms with van der Waals surface area (Å²) in [6.07, 6.45) is 0.998. The van der Waals surface area contributed by atoms with Crippen molar-refractivity contribution in [1.82, 2.24) is 19.6 Å². The molecule has 2 aliphatic rings. The molecule has 2 atom stereocenters.